The number of rotatable bonds is 3. The molecule has 3 rings (SSSR count). The Morgan fingerprint density at radius 1 is 1.10 bits per heavy atom. The van der Waals surface area contributed by atoms with Crippen LogP contribution >= 0.6 is 0 Å². The number of benzene rings is 1. The van der Waals surface area contributed by atoms with E-state index in [4.69, 9.17) is 0 Å². The SMILES string of the molecule is CC1CCC(NCC2(O)CCCCC2)c2ccccc21. The van der Waals surface area contributed by atoms with Crippen LogP contribution in [-0.2, 0) is 0 Å². The van der Waals surface area contributed by atoms with Crippen LogP contribution in [0.25, 0.3) is 0 Å². The molecule has 1 aromatic carbocycles. The highest BCUT2D eigenvalue weighted by molar-refractivity contribution is 5.34. The van der Waals surface area contributed by atoms with Gasteiger partial charge in [0, 0.05) is 12.6 Å². The van der Waals surface area contributed by atoms with Crippen LogP contribution in [-0.4, -0.2) is 17.3 Å². The lowest BCUT2D eigenvalue weighted by atomic mass is 9.80. The van der Waals surface area contributed by atoms with E-state index in [1.165, 1.54) is 43.2 Å². The monoisotopic (exact) mass is 273 g/mol. The maximum atomic E-state index is 10.6. The molecule has 2 heteroatoms. The van der Waals surface area contributed by atoms with Crippen molar-refractivity contribution in [1.29, 1.82) is 0 Å². The topological polar surface area (TPSA) is 32.3 Å². The summed E-state index contributed by atoms with van der Waals surface area (Å²) in [6.07, 6.45) is 8.00. The van der Waals surface area contributed by atoms with Gasteiger partial charge in [0.2, 0.25) is 0 Å². The van der Waals surface area contributed by atoms with Crippen LogP contribution in [0.5, 0.6) is 0 Å². The third-order valence-corrected chi connectivity index (χ3v) is 5.25. The Hall–Kier alpha value is -0.860. The van der Waals surface area contributed by atoms with E-state index in [0.717, 1.165) is 19.4 Å². The Balaban J connectivity index is 1.68. The number of aliphatic hydroxyl groups is 1. The van der Waals surface area contributed by atoms with Gasteiger partial charge in [0.05, 0.1) is 5.60 Å². The molecule has 1 fully saturated rings. The second-order valence-electron chi connectivity index (χ2n) is 6.83. The fourth-order valence-electron chi connectivity index (χ4n) is 3.92. The second kappa shape index (κ2) is 5.87. The van der Waals surface area contributed by atoms with Crippen molar-refractivity contribution in [3.05, 3.63) is 35.4 Å². The summed E-state index contributed by atoms with van der Waals surface area (Å²) < 4.78 is 0. The van der Waals surface area contributed by atoms with E-state index >= 15 is 0 Å². The molecule has 0 heterocycles. The third kappa shape index (κ3) is 2.91. The van der Waals surface area contributed by atoms with Gasteiger partial charge < -0.3 is 10.4 Å². The van der Waals surface area contributed by atoms with E-state index in [1.807, 2.05) is 0 Å². The average molecular weight is 273 g/mol. The Kier molecular flexibility index (Phi) is 4.13. The van der Waals surface area contributed by atoms with Gasteiger partial charge in [0.25, 0.3) is 0 Å². The lowest BCUT2D eigenvalue weighted by molar-refractivity contribution is 0.00208. The molecule has 1 saturated carbocycles. The van der Waals surface area contributed by atoms with Crippen molar-refractivity contribution in [3.63, 3.8) is 0 Å². The summed E-state index contributed by atoms with van der Waals surface area (Å²) in [7, 11) is 0. The van der Waals surface area contributed by atoms with Crippen molar-refractivity contribution < 1.29 is 5.11 Å². The number of hydrogen-bond acceptors (Lipinski definition) is 2. The number of nitrogens with one attached hydrogen (secondary N) is 1. The summed E-state index contributed by atoms with van der Waals surface area (Å²) in [5.74, 6) is 0.669. The van der Waals surface area contributed by atoms with Gasteiger partial charge in [-0.3, -0.25) is 0 Å². The maximum absolute atomic E-state index is 10.6. The van der Waals surface area contributed by atoms with E-state index < -0.39 is 5.60 Å². The summed E-state index contributed by atoms with van der Waals surface area (Å²) in [6, 6.07) is 9.23. The zero-order valence-electron chi connectivity index (χ0n) is 12.6. The molecule has 0 aromatic heterocycles. The van der Waals surface area contributed by atoms with Gasteiger partial charge in [0.1, 0.15) is 0 Å². The molecule has 2 aliphatic carbocycles. The van der Waals surface area contributed by atoms with E-state index in [-0.39, 0.29) is 0 Å². The molecule has 2 nitrogen and oxygen atoms in total. The van der Waals surface area contributed by atoms with Gasteiger partial charge >= 0.3 is 0 Å². The van der Waals surface area contributed by atoms with Crippen LogP contribution in [0.3, 0.4) is 0 Å². The normalized spacial score (nSPS) is 28.9. The van der Waals surface area contributed by atoms with Crippen molar-refractivity contribution in [2.75, 3.05) is 6.54 Å². The Morgan fingerprint density at radius 2 is 1.80 bits per heavy atom. The van der Waals surface area contributed by atoms with Crippen LogP contribution in [0.1, 0.15) is 75.0 Å². The Morgan fingerprint density at radius 3 is 2.55 bits per heavy atom. The fourth-order valence-corrected chi connectivity index (χ4v) is 3.92. The molecule has 1 aromatic rings. The predicted octanol–water partition coefficient (Wildman–Crippen LogP) is 3.91. The molecule has 110 valence electrons. The Bertz CT molecular complexity index is 450. The first-order chi connectivity index (χ1) is 9.68. The van der Waals surface area contributed by atoms with Crippen molar-refractivity contribution in [1.82, 2.24) is 5.32 Å². The summed E-state index contributed by atoms with van der Waals surface area (Å²) in [5, 5.41) is 14.3. The van der Waals surface area contributed by atoms with E-state index in [2.05, 4.69) is 36.5 Å². The molecule has 0 aliphatic heterocycles. The highest BCUT2D eigenvalue weighted by Crippen LogP contribution is 2.37. The average Bonchev–Trinajstić information content (AvgIpc) is 2.48. The van der Waals surface area contributed by atoms with Gasteiger partial charge in [-0.25, -0.2) is 0 Å². The largest absolute Gasteiger partial charge is 0.389 e. The van der Waals surface area contributed by atoms with E-state index in [1.54, 1.807) is 0 Å². The molecular formula is C18H27NO. The smallest absolute Gasteiger partial charge is 0.0771 e. The van der Waals surface area contributed by atoms with Crippen molar-refractivity contribution in [2.24, 2.45) is 0 Å². The summed E-state index contributed by atoms with van der Waals surface area (Å²) >= 11 is 0. The van der Waals surface area contributed by atoms with E-state index in [0.29, 0.717) is 12.0 Å². The van der Waals surface area contributed by atoms with Crippen LogP contribution in [0.15, 0.2) is 24.3 Å². The van der Waals surface area contributed by atoms with Gasteiger partial charge in [-0.05, 0) is 42.7 Å². The first kappa shape index (κ1) is 14.1. The highest BCUT2D eigenvalue weighted by Gasteiger charge is 2.31. The molecule has 2 atom stereocenters. The van der Waals surface area contributed by atoms with Crippen LogP contribution in [0.4, 0.5) is 0 Å². The molecule has 2 unspecified atom stereocenters. The summed E-state index contributed by atoms with van der Waals surface area (Å²) in [5.41, 5.74) is 2.48. The van der Waals surface area contributed by atoms with Crippen LogP contribution in [0.2, 0.25) is 0 Å². The quantitative estimate of drug-likeness (QED) is 0.875. The van der Waals surface area contributed by atoms with Gasteiger partial charge in [-0.1, -0.05) is 50.5 Å². The molecule has 0 spiro atoms. The molecular weight excluding hydrogens is 246 g/mol. The van der Waals surface area contributed by atoms with Crippen molar-refractivity contribution in [2.45, 2.75) is 69.4 Å². The second-order valence-corrected chi connectivity index (χ2v) is 6.83. The maximum Gasteiger partial charge on any atom is 0.0771 e. The van der Waals surface area contributed by atoms with Crippen molar-refractivity contribution >= 4 is 0 Å². The summed E-state index contributed by atoms with van der Waals surface area (Å²) in [4.78, 5) is 0. The van der Waals surface area contributed by atoms with Gasteiger partial charge in [-0.2, -0.15) is 0 Å². The minimum absolute atomic E-state index is 0.424. The van der Waals surface area contributed by atoms with Gasteiger partial charge in [0.15, 0.2) is 0 Å². The lowest BCUT2D eigenvalue weighted by Crippen LogP contribution is -2.43. The predicted molar refractivity (Wildman–Crippen MR) is 82.9 cm³/mol. The van der Waals surface area contributed by atoms with Gasteiger partial charge in [-0.15, -0.1) is 0 Å². The van der Waals surface area contributed by atoms with Crippen LogP contribution in [0, 0.1) is 0 Å². The number of fused-ring (bicyclic) bond motifs is 1. The zero-order valence-corrected chi connectivity index (χ0v) is 12.6. The minimum Gasteiger partial charge on any atom is -0.389 e. The molecule has 0 saturated heterocycles. The molecule has 20 heavy (non-hydrogen) atoms. The molecule has 0 radical (unpaired) electrons. The Labute approximate surface area is 122 Å². The first-order valence-electron chi connectivity index (χ1n) is 8.23. The minimum atomic E-state index is -0.462. The van der Waals surface area contributed by atoms with E-state index in [9.17, 15) is 5.11 Å². The fraction of sp³-hybridized carbons (Fsp3) is 0.667. The van der Waals surface area contributed by atoms with Crippen LogP contribution < -0.4 is 5.32 Å². The standard InChI is InChI=1S/C18H27NO/c1-14-9-10-17(16-8-4-3-7-15(14)16)19-13-18(20)11-5-2-6-12-18/h3-4,7-8,14,17,19-20H,2,5-6,9-13H2,1H3. The zero-order chi connectivity index (χ0) is 14.0. The number of hydrogen-bond donors (Lipinski definition) is 2. The highest BCUT2D eigenvalue weighted by atomic mass is 16.3. The first-order valence-corrected chi connectivity index (χ1v) is 8.23. The molecule has 2 N–H and O–H groups in total. The lowest BCUT2D eigenvalue weighted by Gasteiger charge is -2.36. The third-order valence-electron chi connectivity index (χ3n) is 5.25. The molecule has 2 aliphatic rings. The molecule has 0 amide bonds. The summed E-state index contributed by atoms with van der Waals surface area (Å²) in [6.45, 7) is 3.07. The van der Waals surface area contributed by atoms with Crippen molar-refractivity contribution in [3.8, 4) is 0 Å². The molecule has 0 bridgehead atoms.